The molecule has 1 amide bonds. The molecule has 0 spiro atoms. The summed E-state index contributed by atoms with van der Waals surface area (Å²) in [7, 11) is 1.48. The molecule has 1 unspecified atom stereocenters. The summed E-state index contributed by atoms with van der Waals surface area (Å²) >= 11 is 0. The Morgan fingerprint density at radius 1 is 1.15 bits per heavy atom. The third kappa shape index (κ3) is 3.94. The molecule has 0 aromatic heterocycles. The minimum absolute atomic E-state index is 0.205. The second-order valence-electron chi connectivity index (χ2n) is 5.98. The summed E-state index contributed by atoms with van der Waals surface area (Å²) in [6.45, 7) is 0.792. The molecule has 2 aromatic rings. The molecule has 0 bridgehead atoms. The smallest absolute Gasteiger partial charge is 0.406 e. The molecular formula is C19H19F3N2O3. The van der Waals surface area contributed by atoms with E-state index >= 15 is 0 Å². The third-order valence-corrected chi connectivity index (χ3v) is 4.18. The third-order valence-electron chi connectivity index (χ3n) is 4.18. The molecule has 0 fully saturated rings. The molecule has 8 heteroatoms. The molecule has 1 heterocycles. The van der Waals surface area contributed by atoms with Gasteiger partial charge in [-0.2, -0.15) is 13.2 Å². The first-order valence-corrected chi connectivity index (χ1v) is 8.38. The number of nitrogens with zero attached hydrogens (tertiary/aromatic N) is 1. The summed E-state index contributed by atoms with van der Waals surface area (Å²) < 4.78 is 50.1. The van der Waals surface area contributed by atoms with Gasteiger partial charge in [0, 0.05) is 5.69 Å². The van der Waals surface area contributed by atoms with E-state index in [-0.39, 0.29) is 5.56 Å². The van der Waals surface area contributed by atoms with Crippen LogP contribution in [0.2, 0.25) is 0 Å². The minimum atomic E-state index is -4.53. The van der Waals surface area contributed by atoms with Crippen molar-refractivity contribution in [2.24, 2.45) is 0 Å². The summed E-state index contributed by atoms with van der Waals surface area (Å²) in [5.74, 6) is 0.184. The molecule has 0 saturated heterocycles. The van der Waals surface area contributed by atoms with E-state index in [0.29, 0.717) is 29.4 Å². The van der Waals surface area contributed by atoms with E-state index in [1.54, 1.807) is 43.3 Å². The van der Waals surface area contributed by atoms with Gasteiger partial charge in [0.15, 0.2) is 11.5 Å². The van der Waals surface area contributed by atoms with Gasteiger partial charge < -0.3 is 19.7 Å². The largest absolute Gasteiger partial charge is 0.493 e. The number of carbonyl (C=O) groups excluding carboxylic acids is 1. The van der Waals surface area contributed by atoms with E-state index in [2.05, 4.69) is 5.32 Å². The molecule has 2 aromatic carbocycles. The average Bonchev–Trinajstić information content (AvgIpc) is 2.63. The van der Waals surface area contributed by atoms with Crippen LogP contribution in [0.3, 0.4) is 0 Å². The lowest BCUT2D eigenvalue weighted by Gasteiger charge is -2.38. The Kier molecular flexibility index (Phi) is 5.16. The highest BCUT2D eigenvalue weighted by atomic mass is 19.4. The predicted octanol–water partition coefficient (Wildman–Crippen LogP) is 4.22. The molecule has 0 saturated carbocycles. The molecule has 1 N–H and O–H groups in total. The molecule has 0 radical (unpaired) electrons. The molecular weight excluding hydrogens is 361 g/mol. The zero-order valence-corrected chi connectivity index (χ0v) is 14.8. The monoisotopic (exact) mass is 380 g/mol. The predicted molar refractivity (Wildman–Crippen MR) is 94.1 cm³/mol. The Hall–Kier alpha value is -2.90. The van der Waals surface area contributed by atoms with Crippen molar-refractivity contribution in [2.75, 3.05) is 25.6 Å². The Labute approximate surface area is 154 Å². The van der Waals surface area contributed by atoms with Crippen molar-refractivity contribution >= 4 is 11.6 Å². The Bertz CT molecular complexity index is 839. The lowest BCUT2D eigenvalue weighted by molar-refractivity contribution is -0.144. The minimum Gasteiger partial charge on any atom is -0.493 e. The number of nitrogens with one attached hydrogen (secondary N) is 1. The van der Waals surface area contributed by atoms with Gasteiger partial charge in [-0.25, -0.2) is 0 Å². The highest BCUT2D eigenvalue weighted by Crippen LogP contribution is 2.38. The average molecular weight is 380 g/mol. The van der Waals surface area contributed by atoms with Gasteiger partial charge >= 0.3 is 6.18 Å². The normalized spacial score (nSPS) is 16.6. The Balaban J connectivity index is 2.05. The van der Waals surface area contributed by atoms with Gasteiger partial charge in [0.05, 0.1) is 19.3 Å². The van der Waals surface area contributed by atoms with Crippen LogP contribution >= 0.6 is 0 Å². The van der Waals surface area contributed by atoms with Crippen LogP contribution in [-0.2, 0) is 0 Å². The number of methoxy groups -OCH3 is 1. The molecule has 1 aliphatic heterocycles. The van der Waals surface area contributed by atoms with Crippen molar-refractivity contribution in [3.05, 3.63) is 53.6 Å². The van der Waals surface area contributed by atoms with E-state index in [4.69, 9.17) is 9.47 Å². The van der Waals surface area contributed by atoms with E-state index in [1.807, 2.05) is 0 Å². The Morgan fingerprint density at radius 2 is 1.89 bits per heavy atom. The van der Waals surface area contributed by atoms with Gasteiger partial charge in [-0.1, -0.05) is 18.2 Å². The van der Waals surface area contributed by atoms with Gasteiger partial charge in [-0.15, -0.1) is 0 Å². The van der Waals surface area contributed by atoms with E-state index in [1.165, 1.54) is 13.2 Å². The highest BCUT2D eigenvalue weighted by molar-refractivity contribution is 6.01. The number of rotatable bonds is 5. The number of halogens is 3. The SMILES string of the molecule is CCOc1cc(C2Nc3ccccc3C(=O)N2CC(F)(F)F)ccc1OC. The number of anilines is 1. The number of hydrogen-bond donors (Lipinski definition) is 1. The first kappa shape index (κ1) is 18.9. The number of alkyl halides is 3. The van der Waals surface area contributed by atoms with Crippen molar-refractivity contribution < 1.29 is 27.4 Å². The summed E-state index contributed by atoms with van der Waals surface area (Å²) in [6, 6.07) is 11.3. The number of benzene rings is 2. The van der Waals surface area contributed by atoms with Crippen LogP contribution in [0, 0.1) is 0 Å². The van der Waals surface area contributed by atoms with Crippen molar-refractivity contribution in [1.29, 1.82) is 0 Å². The molecule has 27 heavy (non-hydrogen) atoms. The summed E-state index contributed by atoms with van der Waals surface area (Å²) in [6.07, 6.45) is -5.52. The zero-order chi connectivity index (χ0) is 19.6. The summed E-state index contributed by atoms with van der Waals surface area (Å²) in [4.78, 5) is 13.5. The number of hydrogen-bond acceptors (Lipinski definition) is 4. The van der Waals surface area contributed by atoms with Crippen LogP contribution in [-0.4, -0.2) is 37.2 Å². The molecule has 144 valence electrons. The fraction of sp³-hybridized carbons (Fsp3) is 0.316. The van der Waals surface area contributed by atoms with E-state index in [9.17, 15) is 18.0 Å². The molecule has 0 aliphatic carbocycles. The van der Waals surface area contributed by atoms with Crippen LogP contribution in [0.1, 0.15) is 29.0 Å². The molecule has 1 atom stereocenters. The maximum atomic E-state index is 13.1. The fourth-order valence-electron chi connectivity index (χ4n) is 3.04. The summed E-state index contributed by atoms with van der Waals surface area (Å²) in [5, 5.41) is 3.03. The van der Waals surface area contributed by atoms with Crippen LogP contribution in [0.15, 0.2) is 42.5 Å². The lowest BCUT2D eigenvalue weighted by Crippen LogP contribution is -2.47. The maximum absolute atomic E-state index is 13.1. The van der Waals surface area contributed by atoms with Crippen LogP contribution in [0.4, 0.5) is 18.9 Å². The van der Waals surface area contributed by atoms with Gasteiger partial charge in [0.2, 0.25) is 0 Å². The number of fused-ring (bicyclic) bond motifs is 1. The van der Waals surface area contributed by atoms with Crippen LogP contribution < -0.4 is 14.8 Å². The molecule has 3 rings (SSSR count). The number of carbonyl (C=O) groups is 1. The second-order valence-corrected chi connectivity index (χ2v) is 5.98. The van der Waals surface area contributed by atoms with Crippen molar-refractivity contribution in [3.63, 3.8) is 0 Å². The topological polar surface area (TPSA) is 50.8 Å². The van der Waals surface area contributed by atoms with E-state index in [0.717, 1.165) is 4.90 Å². The molecule has 1 aliphatic rings. The quantitative estimate of drug-likeness (QED) is 0.844. The second kappa shape index (κ2) is 7.38. The summed E-state index contributed by atoms with van der Waals surface area (Å²) in [5.41, 5.74) is 1.16. The van der Waals surface area contributed by atoms with Crippen molar-refractivity contribution in [1.82, 2.24) is 4.90 Å². The first-order chi connectivity index (χ1) is 12.8. The lowest BCUT2D eigenvalue weighted by atomic mass is 10.0. The maximum Gasteiger partial charge on any atom is 0.406 e. The first-order valence-electron chi connectivity index (χ1n) is 8.38. The highest BCUT2D eigenvalue weighted by Gasteiger charge is 2.40. The van der Waals surface area contributed by atoms with Gasteiger partial charge in [-0.3, -0.25) is 4.79 Å². The van der Waals surface area contributed by atoms with Crippen LogP contribution in [0.5, 0.6) is 11.5 Å². The van der Waals surface area contributed by atoms with E-state index < -0.39 is 24.8 Å². The Morgan fingerprint density at radius 3 is 2.56 bits per heavy atom. The van der Waals surface area contributed by atoms with Crippen molar-refractivity contribution in [2.45, 2.75) is 19.3 Å². The fourth-order valence-corrected chi connectivity index (χ4v) is 3.04. The number of para-hydroxylation sites is 1. The number of ether oxygens (including phenoxy) is 2. The van der Waals surface area contributed by atoms with Gasteiger partial charge in [0.1, 0.15) is 12.7 Å². The molecule has 5 nitrogen and oxygen atoms in total. The number of amides is 1. The standard InChI is InChI=1S/C19H19F3N2O3/c1-3-27-16-10-12(8-9-15(16)26-2)17-23-14-7-5-4-6-13(14)18(25)24(17)11-19(20,21)22/h4-10,17,23H,3,11H2,1-2H3. The van der Waals surface area contributed by atoms with Crippen LogP contribution in [0.25, 0.3) is 0 Å². The van der Waals surface area contributed by atoms with Crippen molar-refractivity contribution in [3.8, 4) is 11.5 Å². The van der Waals surface area contributed by atoms with Gasteiger partial charge in [0.25, 0.3) is 5.91 Å². The van der Waals surface area contributed by atoms with Gasteiger partial charge in [-0.05, 0) is 36.8 Å². The zero-order valence-electron chi connectivity index (χ0n) is 14.8.